The molecule has 0 unspecified atom stereocenters. The Bertz CT molecular complexity index is 111. The van der Waals surface area contributed by atoms with Crippen molar-refractivity contribution in [2.75, 3.05) is 5.88 Å². The summed E-state index contributed by atoms with van der Waals surface area (Å²) in [6.07, 6.45) is 12.1. The zero-order chi connectivity index (χ0) is 11.9. The highest BCUT2D eigenvalue weighted by Crippen LogP contribution is 2.08. The van der Waals surface area contributed by atoms with Gasteiger partial charge in [0.05, 0.1) is 0 Å². The van der Waals surface area contributed by atoms with Crippen molar-refractivity contribution in [1.82, 2.24) is 0 Å². The molecule has 0 aliphatic rings. The van der Waals surface area contributed by atoms with E-state index in [-0.39, 0.29) is 0 Å². The minimum Gasteiger partial charge on any atom is -0.127 e. The van der Waals surface area contributed by atoms with E-state index in [0.29, 0.717) is 0 Å². The summed E-state index contributed by atoms with van der Waals surface area (Å²) in [5, 5.41) is 0. The third kappa shape index (κ3) is 16.7. The number of rotatable bonds is 7. The molecule has 0 amide bonds. The lowest BCUT2D eigenvalue weighted by Crippen LogP contribution is -1.89. The van der Waals surface area contributed by atoms with Crippen LogP contribution in [0, 0.1) is 5.92 Å². The Morgan fingerprint density at radius 2 is 1.60 bits per heavy atom. The molecule has 0 aromatic heterocycles. The molecular formula is C14H29Cl. The number of hydrogen-bond donors (Lipinski definition) is 0. The smallest absolute Gasteiger partial charge is 0.0223 e. The van der Waals surface area contributed by atoms with Gasteiger partial charge >= 0.3 is 0 Å². The molecule has 0 aromatic carbocycles. The summed E-state index contributed by atoms with van der Waals surface area (Å²) in [6.45, 7) is 8.84. The lowest BCUT2D eigenvalue weighted by Gasteiger charge is -2.03. The molecule has 15 heavy (non-hydrogen) atoms. The van der Waals surface area contributed by atoms with Gasteiger partial charge in [0, 0.05) is 5.88 Å². The Morgan fingerprint density at radius 1 is 1.00 bits per heavy atom. The van der Waals surface area contributed by atoms with E-state index >= 15 is 0 Å². The summed E-state index contributed by atoms with van der Waals surface area (Å²) in [4.78, 5) is 0. The van der Waals surface area contributed by atoms with Crippen molar-refractivity contribution in [3.63, 3.8) is 0 Å². The van der Waals surface area contributed by atoms with Gasteiger partial charge in [-0.3, -0.25) is 0 Å². The van der Waals surface area contributed by atoms with E-state index in [1.807, 2.05) is 0 Å². The van der Waals surface area contributed by atoms with Crippen LogP contribution in [-0.4, -0.2) is 5.88 Å². The predicted octanol–water partition coefficient (Wildman–Crippen LogP) is 5.80. The zero-order valence-corrected chi connectivity index (χ0v) is 11.8. The number of hydrogen-bond acceptors (Lipinski definition) is 0. The second-order valence-electron chi connectivity index (χ2n) is 3.81. The van der Waals surface area contributed by atoms with Crippen molar-refractivity contribution in [2.45, 2.75) is 66.2 Å². The molecule has 1 heteroatoms. The van der Waals surface area contributed by atoms with E-state index in [2.05, 4.69) is 39.8 Å². The molecule has 0 saturated heterocycles. The fourth-order valence-corrected chi connectivity index (χ4v) is 1.42. The lowest BCUT2D eigenvalue weighted by molar-refractivity contribution is 0.604. The SMILES string of the molecule is CCC=CC(CC)CC.CCCCCCl. The first-order valence-corrected chi connectivity index (χ1v) is 7.02. The topological polar surface area (TPSA) is 0 Å². The van der Waals surface area contributed by atoms with Gasteiger partial charge < -0.3 is 0 Å². The summed E-state index contributed by atoms with van der Waals surface area (Å²) in [7, 11) is 0. The molecule has 0 spiro atoms. The summed E-state index contributed by atoms with van der Waals surface area (Å²) < 4.78 is 0. The van der Waals surface area contributed by atoms with Gasteiger partial charge in [0.1, 0.15) is 0 Å². The first-order chi connectivity index (χ1) is 7.26. The van der Waals surface area contributed by atoms with Gasteiger partial charge in [-0.05, 0) is 31.6 Å². The van der Waals surface area contributed by atoms with Crippen molar-refractivity contribution in [1.29, 1.82) is 0 Å². The van der Waals surface area contributed by atoms with Crippen LogP contribution >= 0.6 is 11.6 Å². The average Bonchev–Trinajstić information content (AvgIpc) is 2.29. The quantitative estimate of drug-likeness (QED) is 0.296. The van der Waals surface area contributed by atoms with Crippen LogP contribution in [0.1, 0.15) is 66.2 Å². The maximum atomic E-state index is 5.38. The van der Waals surface area contributed by atoms with E-state index in [9.17, 15) is 0 Å². The fraction of sp³-hybridized carbons (Fsp3) is 0.857. The third-order valence-corrected chi connectivity index (χ3v) is 2.70. The van der Waals surface area contributed by atoms with E-state index in [1.54, 1.807) is 0 Å². The Hall–Kier alpha value is 0.0300. The van der Waals surface area contributed by atoms with Crippen molar-refractivity contribution < 1.29 is 0 Å². The number of unbranched alkanes of at least 4 members (excludes halogenated alkanes) is 2. The van der Waals surface area contributed by atoms with Gasteiger partial charge in [0.25, 0.3) is 0 Å². The molecule has 0 nitrogen and oxygen atoms in total. The second kappa shape index (κ2) is 16.5. The molecular weight excluding hydrogens is 204 g/mol. The maximum absolute atomic E-state index is 5.38. The van der Waals surface area contributed by atoms with E-state index < -0.39 is 0 Å². The van der Waals surface area contributed by atoms with Crippen LogP contribution in [0.4, 0.5) is 0 Å². The van der Waals surface area contributed by atoms with Crippen molar-refractivity contribution in [2.24, 2.45) is 5.92 Å². The van der Waals surface area contributed by atoms with Gasteiger partial charge in [-0.1, -0.05) is 52.7 Å². The Kier molecular flexibility index (Phi) is 19.1. The monoisotopic (exact) mass is 232 g/mol. The summed E-state index contributed by atoms with van der Waals surface area (Å²) in [5.74, 6) is 1.65. The molecule has 0 aromatic rings. The van der Waals surface area contributed by atoms with Gasteiger partial charge in [0.2, 0.25) is 0 Å². The van der Waals surface area contributed by atoms with Crippen LogP contribution in [0.2, 0.25) is 0 Å². The van der Waals surface area contributed by atoms with Crippen LogP contribution in [0.3, 0.4) is 0 Å². The maximum Gasteiger partial charge on any atom is 0.0223 e. The predicted molar refractivity (Wildman–Crippen MR) is 73.7 cm³/mol. The van der Waals surface area contributed by atoms with Crippen molar-refractivity contribution in [3.05, 3.63) is 12.2 Å². The number of alkyl halides is 1. The highest BCUT2D eigenvalue weighted by Gasteiger charge is 1.94. The van der Waals surface area contributed by atoms with E-state index in [4.69, 9.17) is 11.6 Å². The van der Waals surface area contributed by atoms with Crippen molar-refractivity contribution in [3.8, 4) is 0 Å². The lowest BCUT2D eigenvalue weighted by atomic mass is 10.0. The fourth-order valence-electron chi connectivity index (χ4n) is 1.23. The molecule has 0 radical (unpaired) electrons. The minimum absolute atomic E-state index is 0.824. The Labute approximate surface area is 102 Å². The summed E-state index contributed by atoms with van der Waals surface area (Å²) in [6, 6.07) is 0. The molecule has 0 N–H and O–H groups in total. The second-order valence-corrected chi connectivity index (χ2v) is 4.19. The molecule has 0 fully saturated rings. The van der Waals surface area contributed by atoms with Gasteiger partial charge in [0.15, 0.2) is 0 Å². The van der Waals surface area contributed by atoms with E-state index in [1.165, 1.54) is 38.5 Å². The standard InChI is InChI=1S/C9H18.C5H11Cl/c1-4-7-8-9(5-2)6-3;1-2-3-4-5-6/h7-9H,4-6H2,1-3H3;2-5H2,1H3. The summed E-state index contributed by atoms with van der Waals surface area (Å²) in [5.41, 5.74) is 0. The molecule has 0 atom stereocenters. The molecule has 0 saturated carbocycles. The molecule has 0 heterocycles. The molecule has 0 aliphatic heterocycles. The normalized spacial score (nSPS) is 10.5. The molecule has 0 aliphatic carbocycles. The molecule has 0 rings (SSSR count). The van der Waals surface area contributed by atoms with Crippen molar-refractivity contribution >= 4 is 11.6 Å². The Morgan fingerprint density at radius 3 is 1.87 bits per heavy atom. The van der Waals surface area contributed by atoms with Gasteiger partial charge in [-0.25, -0.2) is 0 Å². The van der Waals surface area contributed by atoms with Crippen LogP contribution < -0.4 is 0 Å². The summed E-state index contributed by atoms with van der Waals surface area (Å²) >= 11 is 5.38. The average molecular weight is 233 g/mol. The Balaban J connectivity index is 0. The highest BCUT2D eigenvalue weighted by atomic mass is 35.5. The van der Waals surface area contributed by atoms with Crippen LogP contribution in [0.5, 0.6) is 0 Å². The first-order valence-electron chi connectivity index (χ1n) is 6.49. The van der Waals surface area contributed by atoms with Crippen LogP contribution in [-0.2, 0) is 0 Å². The highest BCUT2D eigenvalue weighted by molar-refractivity contribution is 6.17. The largest absolute Gasteiger partial charge is 0.127 e. The third-order valence-electron chi connectivity index (χ3n) is 2.43. The van der Waals surface area contributed by atoms with Gasteiger partial charge in [-0.2, -0.15) is 0 Å². The van der Waals surface area contributed by atoms with Crippen LogP contribution in [0.15, 0.2) is 12.2 Å². The number of allylic oxidation sites excluding steroid dienone is 2. The van der Waals surface area contributed by atoms with Crippen LogP contribution in [0.25, 0.3) is 0 Å². The molecule has 92 valence electrons. The van der Waals surface area contributed by atoms with Gasteiger partial charge in [-0.15, -0.1) is 11.6 Å². The van der Waals surface area contributed by atoms with E-state index in [0.717, 1.165) is 11.8 Å². The zero-order valence-electron chi connectivity index (χ0n) is 11.1. The first kappa shape index (κ1) is 17.4. The minimum atomic E-state index is 0.824. The number of halogens is 1. The molecule has 0 bridgehead atoms.